The van der Waals surface area contributed by atoms with Crippen LogP contribution in [0.1, 0.15) is 28.6 Å². The van der Waals surface area contributed by atoms with Gasteiger partial charge in [0, 0.05) is 5.69 Å². The third-order valence-electron chi connectivity index (χ3n) is 2.80. The zero-order valence-electron chi connectivity index (χ0n) is 9.94. The van der Waals surface area contributed by atoms with Gasteiger partial charge in [-0.2, -0.15) is 0 Å². The molecule has 1 heterocycles. The summed E-state index contributed by atoms with van der Waals surface area (Å²) in [5.41, 5.74) is 9.55. The van der Waals surface area contributed by atoms with Gasteiger partial charge in [-0.3, -0.25) is 4.98 Å². The standard InChI is InChI=1S/C14H15FN2/c1-9-6-7-11(15)8-12(9)14(16)13-5-3-4-10(2)17-13/h3-8,14H,16H2,1-2H3. The van der Waals surface area contributed by atoms with Gasteiger partial charge in [-0.05, 0) is 49.2 Å². The molecule has 0 saturated carbocycles. The molecule has 0 amide bonds. The Morgan fingerprint density at radius 2 is 1.94 bits per heavy atom. The summed E-state index contributed by atoms with van der Waals surface area (Å²) in [5, 5.41) is 0. The smallest absolute Gasteiger partial charge is 0.123 e. The second-order valence-electron chi connectivity index (χ2n) is 4.18. The first kappa shape index (κ1) is 11.7. The molecule has 0 saturated heterocycles. The van der Waals surface area contributed by atoms with Crippen molar-refractivity contribution in [2.24, 2.45) is 5.73 Å². The van der Waals surface area contributed by atoms with Crippen LogP contribution in [0.2, 0.25) is 0 Å². The van der Waals surface area contributed by atoms with Crippen molar-refractivity contribution in [1.82, 2.24) is 4.98 Å². The number of rotatable bonds is 2. The van der Waals surface area contributed by atoms with Crippen LogP contribution in [0.3, 0.4) is 0 Å². The van der Waals surface area contributed by atoms with E-state index in [1.165, 1.54) is 12.1 Å². The Bertz CT molecular complexity index is 537. The molecule has 3 heteroatoms. The minimum absolute atomic E-state index is 0.270. The van der Waals surface area contributed by atoms with Gasteiger partial charge in [0.05, 0.1) is 11.7 Å². The first-order valence-electron chi connectivity index (χ1n) is 5.53. The zero-order valence-corrected chi connectivity index (χ0v) is 9.94. The van der Waals surface area contributed by atoms with Crippen molar-refractivity contribution in [2.75, 3.05) is 0 Å². The van der Waals surface area contributed by atoms with Crippen LogP contribution >= 0.6 is 0 Å². The van der Waals surface area contributed by atoms with E-state index in [4.69, 9.17) is 5.73 Å². The highest BCUT2D eigenvalue weighted by Crippen LogP contribution is 2.22. The second-order valence-corrected chi connectivity index (χ2v) is 4.18. The maximum absolute atomic E-state index is 13.2. The summed E-state index contributed by atoms with van der Waals surface area (Å²) in [5.74, 6) is -0.270. The van der Waals surface area contributed by atoms with Crippen molar-refractivity contribution >= 4 is 0 Å². The molecule has 0 aliphatic carbocycles. The number of aryl methyl sites for hydroxylation is 2. The number of hydrogen-bond donors (Lipinski definition) is 1. The molecule has 2 N–H and O–H groups in total. The fourth-order valence-corrected chi connectivity index (χ4v) is 1.84. The van der Waals surface area contributed by atoms with Crippen LogP contribution in [0.15, 0.2) is 36.4 Å². The number of aromatic nitrogens is 1. The number of hydrogen-bond acceptors (Lipinski definition) is 2. The SMILES string of the molecule is Cc1cccc(C(N)c2cc(F)ccc2C)n1. The molecule has 2 nitrogen and oxygen atoms in total. The lowest BCUT2D eigenvalue weighted by Gasteiger charge is -2.14. The average molecular weight is 230 g/mol. The first-order valence-corrected chi connectivity index (χ1v) is 5.53. The monoisotopic (exact) mass is 230 g/mol. The van der Waals surface area contributed by atoms with E-state index in [0.717, 1.165) is 22.5 Å². The minimum Gasteiger partial charge on any atom is -0.319 e. The lowest BCUT2D eigenvalue weighted by atomic mass is 9.99. The Hall–Kier alpha value is -1.74. The van der Waals surface area contributed by atoms with E-state index in [9.17, 15) is 4.39 Å². The van der Waals surface area contributed by atoms with Crippen LogP contribution in [0.4, 0.5) is 4.39 Å². The maximum Gasteiger partial charge on any atom is 0.123 e. The largest absolute Gasteiger partial charge is 0.319 e. The van der Waals surface area contributed by atoms with Gasteiger partial charge in [0.25, 0.3) is 0 Å². The van der Waals surface area contributed by atoms with Crippen molar-refractivity contribution < 1.29 is 4.39 Å². The van der Waals surface area contributed by atoms with E-state index in [2.05, 4.69) is 4.98 Å². The predicted octanol–water partition coefficient (Wildman–Crippen LogP) is 2.89. The molecule has 1 unspecified atom stereocenters. The van der Waals surface area contributed by atoms with E-state index in [1.807, 2.05) is 32.0 Å². The Kier molecular flexibility index (Phi) is 3.20. The minimum atomic E-state index is -0.384. The molecular formula is C14H15FN2. The third kappa shape index (κ3) is 2.50. The van der Waals surface area contributed by atoms with E-state index in [-0.39, 0.29) is 11.9 Å². The number of benzene rings is 1. The number of nitrogens with zero attached hydrogens (tertiary/aromatic N) is 1. The molecule has 2 aromatic rings. The molecule has 0 bridgehead atoms. The van der Waals surface area contributed by atoms with Gasteiger partial charge in [-0.1, -0.05) is 12.1 Å². The average Bonchev–Trinajstić information content (AvgIpc) is 2.31. The fourth-order valence-electron chi connectivity index (χ4n) is 1.84. The molecule has 0 radical (unpaired) electrons. The molecule has 0 fully saturated rings. The van der Waals surface area contributed by atoms with Gasteiger partial charge in [0.2, 0.25) is 0 Å². The highest BCUT2D eigenvalue weighted by atomic mass is 19.1. The molecule has 17 heavy (non-hydrogen) atoms. The number of pyridine rings is 1. The lowest BCUT2D eigenvalue weighted by molar-refractivity contribution is 0.622. The van der Waals surface area contributed by atoms with Crippen molar-refractivity contribution in [1.29, 1.82) is 0 Å². The van der Waals surface area contributed by atoms with E-state index >= 15 is 0 Å². The Morgan fingerprint density at radius 3 is 2.65 bits per heavy atom. The van der Waals surface area contributed by atoms with Gasteiger partial charge in [0.1, 0.15) is 5.82 Å². The summed E-state index contributed by atoms with van der Waals surface area (Å²) in [6.07, 6.45) is 0. The first-order chi connectivity index (χ1) is 8.08. The summed E-state index contributed by atoms with van der Waals surface area (Å²) in [7, 11) is 0. The molecule has 1 atom stereocenters. The molecule has 88 valence electrons. The summed E-state index contributed by atoms with van der Waals surface area (Å²) in [4.78, 5) is 4.37. The Morgan fingerprint density at radius 1 is 1.18 bits per heavy atom. The van der Waals surface area contributed by atoms with Crippen molar-refractivity contribution in [3.05, 3.63) is 64.7 Å². The van der Waals surface area contributed by atoms with E-state index < -0.39 is 0 Å². The molecule has 1 aromatic heterocycles. The number of nitrogens with two attached hydrogens (primary N) is 1. The molecular weight excluding hydrogens is 215 g/mol. The topological polar surface area (TPSA) is 38.9 Å². The van der Waals surface area contributed by atoms with Gasteiger partial charge in [-0.25, -0.2) is 4.39 Å². The van der Waals surface area contributed by atoms with Crippen LogP contribution < -0.4 is 5.73 Å². The van der Waals surface area contributed by atoms with Crippen molar-refractivity contribution in [2.45, 2.75) is 19.9 Å². The summed E-state index contributed by atoms with van der Waals surface area (Å²) < 4.78 is 13.2. The molecule has 1 aromatic carbocycles. The lowest BCUT2D eigenvalue weighted by Crippen LogP contribution is -2.15. The highest BCUT2D eigenvalue weighted by molar-refractivity contribution is 5.34. The number of halogens is 1. The van der Waals surface area contributed by atoms with E-state index in [0.29, 0.717) is 0 Å². The van der Waals surface area contributed by atoms with Crippen LogP contribution in [0, 0.1) is 19.7 Å². The fraction of sp³-hybridized carbons (Fsp3) is 0.214. The second kappa shape index (κ2) is 4.63. The van der Waals surface area contributed by atoms with Crippen LogP contribution in [0.25, 0.3) is 0 Å². The summed E-state index contributed by atoms with van der Waals surface area (Å²) in [6.45, 7) is 3.83. The van der Waals surface area contributed by atoms with Gasteiger partial charge < -0.3 is 5.73 Å². The Labute approximate surface area is 100 Å². The summed E-state index contributed by atoms with van der Waals surface area (Å²) in [6, 6.07) is 9.95. The van der Waals surface area contributed by atoms with Crippen LogP contribution in [0.5, 0.6) is 0 Å². The van der Waals surface area contributed by atoms with Crippen LogP contribution in [-0.4, -0.2) is 4.98 Å². The van der Waals surface area contributed by atoms with Gasteiger partial charge >= 0.3 is 0 Å². The molecule has 2 rings (SSSR count). The van der Waals surface area contributed by atoms with Gasteiger partial charge in [0.15, 0.2) is 0 Å². The predicted molar refractivity (Wildman–Crippen MR) is 66.1 cm³/mol. The Balaban J connectivity index is 2.43. The maximum atomic E-state index is 13.2. The third-order valence-corrected chi connectivity index (χ3v) is 2.80. The highest BCUT2D eigenvalue weighted by Gasteiger charge is 2.13. The van der Waals surface area contributed by atoms with Gasteiger partial charge in [-0.15, -0.1) is 0 Å². The van der Waals surface area contributed by atoms with Crippen molar-refractivity contribution in [3.8, 4) is 0 Å². The van der Waals surface area contributed by atoms with E-state index in [1.54, 1.807) is 6.07 Å². The van der Waals surface area contributed by atoms with Crippen molar-refractivity contribution in [3.63, 3.8) is 0 Å². The molecule has 0 aliphatic heterocycles. The molecule has 0 aliphatic rings. The zero-order chi connectivity index (χ0) is 12.4. The molecule has 0 spiro atoms. The normalized spacial score (nSPS) is 12.5. The quantitative estimate of drug-likeness (QED) is 0.861. The van der Waals surface area contributed by atoms with Crippen LogP contribution in [-0.2, 0) is 0 Å². The summed E-state index contributed by atoms with van der Waals surface area (Å²) >= 11 is 0.